The van der Waals surface area contributed by atoms with Gasteiger partial charge in [-0.1, -0.05) is 24.3 Å². The summed E-state index contributed by atoms with van der Waals surface area (Å²) in [6, 6.07) is 15.7. The Balaban J connectivity index is 1.83. The number of likely N-dealkylation sites (N-methyl/N-ethyl adjacent to an activating group) is 1. The number of anilines is 2. The van der Waals surface area contributed by atoms with Crippen molar-refractivity contribution in [2.75, 3.05) is 30.8 Å². The molecule has 160 valence electrons. The summed E-state index contributed by atoms with van der Waals surface area (Å²) >= 11 is 0. The van der Waals surface area contributed by atoms with Gasteiger partial charge in [0, 0.05) is 24.5 Å². The van der Waals surface area contributed by atoms with Crippen LogP contribution in [0.1, 0.15) is 20.8 Å². The van der Waals surface area contributed by atoms with Crippen LogP contribution in [0.25, 0.3) is 0 Å². The monoisotopic (exact) mass is 413 g/mol. The molecular weight excluding hydrogens is 386 g/mol. The maximum atomic E-state index is 12.2. The lowest BCUT2D eigenvalue weighted by Gasteiger charge is -2.24. The maximum Gasteiger partial charge on any atom is 0.410 e. The third-order valence-electron chi connectivity index (χ3n) is 3.63. The van der Waals surface area contributed by atoms with E-state index in [1.807, 2.05) is 18.2 Å². The molecule has 2 aromatic carbocycles. The van der Waals surface area contributed by atoms with E-state index in [9.17, 15) is 14.4 Å². The molecule has 8 heteroatoms. The number of para-hydroxylation sites is 1. The standard InChI is InChI=1S/C22H27N3O5/c1-22(2,3)30-21(28)25(4)14-19(26)24-17-11-8-12-18(13-17)29-15-20(27)23-16-9-6-5-7-10-16/h5-13H,14-15H2,1-4H3,(H,23,27)(H,24,26). The highest BCUT2D eigenvalue weighted by Gasteiger charge is 2.21. The Morgan fingerprint density at radius 1 is 0.900 bits per heavy atom. The zero-order chi connectivity index (χ0) is 22.1. The summed E-state index contributed by atoms with van der Waals surface area (Å²) in [6.07, 6.45) is -0.584. The van der Waals surface area contributed by atoms with Gasteiger partial charge in [-0.3, -0.25) is 9.59 Å². The normalized spacial score (nSPS) is 10.7. The van der Waals surface area contributed by atoms with Gasteiger partial charge in [0.2, 0.25) is 5.91 Å². The molecule has 0 aliphatic rings. The molecule has 0 saturated heterocycles. The van der Waals surface area contributed by atoms with Gasteiger partial charge >= 0.3 is 6.09 Å². The summed E-state index contributed by atoms with van der Waals surface area (Å²) in [7, 11) is 1.48. The van der Waals surface area contributed by atoms with Gasteiger partial charge in [0.1, 0.15) is 17.9 Å². The van der Waals surface area contributed by atoms with Crippen molar-refractivity contribution in [1.29, 1.82) is 0 Å². The molecule has 3 amide bonds. The predicted octanol–water partition coefficient (Wildman–Crippen LogP) is 3.51. The summed E-state index contributed by atoms with van der Waals surface area (Å²) < 4.78 is 10.7. The van der Waals surface area contributed by atoms with Crippen LogP contribution in [0.2, 0.25) is 0 Å². The summed E-state index contributed by atoms with van der Waals surface area (Å²) in [5.74, 6) is -0.256. The number of ether oxygens (including phenoxy) is 2. The fourth-order valence-corrected chi connectivity index (χ4v) is 2.35. The second kappa shape index (κ2) is 10.3. The van der Waals surface area contributed by atoms with E-state index < -0.39 is 11.7 Å². The van der Waals surface area contributed by atoms with Gasteiger partial charge in [0.05, 0.1) is 0 Å². The minimum absolute atomic E-state index is 0.167. The van der Waals surface area contributed by atoms with Crippen LogP contribution >= 0.6 is 0 Å². The molecule has 0 aliphatic heterocycles. The number of rotatable bonds is 7. The van der Waals surface area contributed by atoms with Crippen LogP contribution in [0.4, 0.5) is 16.2 Å². The van der Waals surface area contributed by atoms with Gasteiger partial charge < -0.3 is 25.0 Å². The fraction of sp³-hybridized carbons (Fsp3) is 0.318. The minimum atomic E-state index is -0.639. The van der Waals surface area contributed by atoms with Crippen LogP contribution in [0, 0.1) is 0 Å². The van der Waals surface area contributed by atoms with Gasteiger partial charge in [0.25, 0.3) is 5.91 Å². The Morgan fingerprint density at radius 3 is 2.20 bits per heavy atom. The zero-order valence-electron chi connectivity index (χ0n) is 17.6. The highest BCUT2D eigenvalue weighted by atomic mass is 16.6. The first kappa shape index (κ1) is 22.7. The third kappa shape index (κ3) is 8.22. The summed E-state index contributed by atoms with van der Waals surface area (Å²) in [4.78, 5) is 37.3. The lowest BCUT2D eigenvalue weighted by molar-refractivity contribution is -0.118. The van der Waals surface area contributed by atoms with Crippen LogP contribution < -0.4 is 15.4 Å². The first-order chi connectivity index (χ1) is 14.1. The molecule has 0 spiro atoms. The lowest BCUT2D eigenvalue weighted by atomic mass is 10.2. The summed E-state index contributed by atoms with van der Waals surface area (Å²) in [5.41, 5.74) is 0.528. The van der Waals surface area contributed by atoms with Gasteiger partial charge in [-0.15, -0.1) is 0 Å². The Morgan fingerprint density at radius 2 is 1.53 bits per heavy atom. The minimum Gasteiger partial charge on any atom is -0.484 e. The van der Waals surface area contributed by atoms with E-state index >= 15 is 0 Å². The number of hydrogen-bond donors (Lipinski definition) is 2. The predicted molar refractivity (Wildman–Crippen MR) is 115 cm³/mol. The molecule has 0 radical (unpaired) electrons. The first-order valence-electron chi connectivity index (χ1n) is 9.44. The van der Waals surface area contributed by atoms with E-state index in [0.717, 1.165) is 0 Å². The number of nitrogens with one attached hydrogen (secondary N) is 2. The second-order valence-corrected chi connectivity index (χ2v) is 7.62. The van der Waals surface area contributed by atoms with E-state index in [1.54, 1.807) is 57.2 Å². The van der Waals surface area contributed by atoms with Crippen molar-refractivity contribution >= 4 is 29.3 Å². The van der Waals surface area contributed by atoms with Crippen LogP contribution in [0.5, 0.6) is 5.75 Å². The number of hydrogen-bond acceptors (Lipinski definition) is 5. The van der Waals surface area contributed by atoms with Crippen molar-refractivity contribution < 1.29 is 23.9 Å². The van der Waals surface area contributed by atoms with Crippen molar-refractivity contribution in [2.45, 2.75) is 26.4 Å². The molecule has 0 atom stereocenters. The topological polar surface area (TPSA) is 97.0 Å². The number of benzene rings is 2. The number of amides is 3. The zero-order valence-corrected chi connectivity index (χ0v) is 17.6. The second-order valence-electron chi connectivity index (χ2n) is 7.62. The molecule has 0 bridgehead atoms. The van der Waals surface area contributed by atoms with Crippen molar-refractivity contribution in [1.82, 2.24) is 4.90 Å². The lowest BCUT2D eigenvalue weighted by Crippen LogP contribution is -2.38. The molecule has 0 aliphatic carbocycles. The maximum absolute atomic E-state index is 12.2. The highest BCUT2D eigenvalue weighted by molar-refractivity contribution is 5.94. The molecule has 0 aromatic heterocycles. The highest BCUT2D eigenvalue weighted by Crippen LogP contribution is 2.18. The first-order valence-corrected chi connectivity index (χ1v) is 9.44. The van der Waals surface area contributed by atoms with Crippen LogP contribution in [-0.2, 0) is 14.3 Å². The van der Waals surface area contributed by atoms with Gasteiger partial charge in [-0.25, -0.2) is 4.79 Å². The van der Waals surface area contributed by atoms with Crippen molar-refractivity contribution in [2.24, 2.45) is 0 Å². The van der Waals surface area contributed by atoms with E-state index in [0.29, 0.717) is 17.1 Å². The number of carbonyl (C=O) groups is 3. The Kier molecular flexibility index (Phi) is 7.80. The quantitative estimate of drug-likeness (QED) is 0.724. The molecule has 2 aromatic rings. The SMILES string of the molecule is CN(CC(=O)Nc1cccc(OCC(=O)Nc2ccccc2)c1)C(=O)OC(C)(C)C. The van der Waals surface area contributed by atoms with E-state index in [2.05, 4.69) is 10.6 Å². The molecule has 2 rings (SSSR count). The molecule has 2 N–H and O–H groups in total. The fourth-order valence-electron chi connectivity index (χ4n) is 2.35. The van der Waals surface area contributed by atoms with Crippen molar-refractivity contribution in [3.05, 3.63) is 54.6 Å². The van der Waals surface area contributed by atoms with Gasteiger partial charge in [-0.05, 0) is 45.0 Å². The molecule has 0 heterocycles. The smallest absolute Gasteiger partial charge is 0.410 e. The molecule has 30 heavy (non-hydrogen) atoms. The van der Waals surface area contributed by atoms with E-state index in [4.69, 9.17) is 9.47 Å². The van der Waals surface area contributed by atoms with Crippen LogP contribution in [-0.4, -0.2) is 48.6 Å². The molecule has 8 nitrogen and oxygen atoms in total. The van der Waals surface area contributed by atoms with Crippen molar-refractivity contribution in [3.63, 3.8) is 0 Å². The van der Waals surface area contributed by atoms with Gasteiger partial charge in [0.15, 0.2) is 6.61 Å². The number of carbonyl (C=O) groups excluding carboxylic acids is 3. The third-order valence-corrected chi connectivity index (χ3v) is 3.63. The van der Waals surface area contributed by atoms with Gasteiger partial charge in [-0.2, -0.15) is 0 Å². The molecule has 0 fully saturated rings. The molecule has 0 saturated carbocycles. The Bertz CT molecular complexity index is 878. The average molecular weight is 413 g/mol. The van der Waals surface area contributed by atoms with E-state index in [-0.39, 0.29) is 25.0 Å². The Labute approximate surface area is 176 Å². The summed E-state index contributed by atoms with van der Waals surface area (Å²) in [6.45, 7) is 4.92. The number of nitrogens with zero attached hydrogens (tertiary/aromatic N) is 1. The summed E-state index contributed by atoms with van der Waals surface area (Å²) in [5, 5.41) is 5.41. The van der Waals surface area contributed by atoms with Crippen molar-refractivity contribution in [3.8, 4) is 5.75 Å². The average Bonchev–Trinajstić information content (AvgIpc) is 2.66. The van der Waals surface area contributed by atoms with Crippen LogP contribution in [0.15, 0.2) is 54.6 Å². The van der Waals surface area contributed by atoms with Crippen LogP contribution in [0.3, 0.4) is 0 Å². The molecule has 0 unspecified atom stereocenters. The van der Waals surface area contributed by atoms with E-state index in [1.165, 1.54) is 11.9 Å². The largest absolute Gasteiger partial charge is 0.484 e. The Hall–Kier alpha value is -3.55. The molecular formula is C22H27N3O5.